The van der Waals surface area contributed by atoms with Gasteiger partial charge in [-0.15, -0.1) is 0 Å². The van der Waals surface area contributed by atoms with Gasteiger partial charge in [0.05, 0.1) is 13.2 Å². The lowest BCUT2D eigenvalue weighted by molar-refractivity contribution is 0.0252. The summed E-state index contributed by atoms with van der Waals surface area (Å²) in [6.45, 7) is 8.28. The molecule has 1 aromatic carbocycles. The van der Waals surface area contributed by atoms with E-state index >= 15 is 0 Å². The Labute approximate surface area is 178 Å². The number of carbonyl (C=O) groups is 1. The Balaban J connectivity index is 1.28. The van der Waals surface area contributed by atoms with Crippen molar-refractivity contribution in [2.24, 2.45) is 5.92 Å². The summed E-state index contributed by atoms with van der Waals surface area (Å²) < 4.78 is 11.2. The Kier molecular flexibility index (Phi) is 6.81. The molecule has 0 radical (unpaired) electrons. The summed E-state index contributed by atoms with van der Waals surface area (Å²) in [6.07, 6.45) is 4.01. The van der Waals surface area contributed by atoms with Crippen LogP contribution in [0.1, 0.15) is 18.4 Å². The number of urea groups is 1. The second kappa shape index (κ2) is 9.91. The zero-order valence-corrected chi connectivity index (χ0v) is 17.5. The van der Waals surface area contributed by atoms with Crippen molar-refractivity contribution in [3.8, 4) is 11.6 Å². The number of rotatable bonds is 5. The van der Waals surface area contributed by atoms with E-state index in [4.69, 9.17) is 9.47 Å². The number of nitrogens with one attached hydrogen (secondary N) is 1. The van der Waals surface area contributed by atoms with E-state index in [2.05, 4.69) is 15.2 Å². The van der Waals surface area contributed by atoms with Crippen molar-refractivity contribution in [1.29, 1.82) is 0 Å². The minimum absolute atomic E-state index is 0.0319. The fourth-order valence-corrected chi connectivity index (χ4v) is 3.99. The SMILES string of the molecule is Cc1ccc(Oc2ccc(NC(=O)N3CCCC(CN4CCOCC4)C3)cc2)nc1. The number of morpholine rings is 1. The Hall–Kier alpha value is -2.64. The van der Waals surface area contributed by atoms with Gasteiger partial charge in [0.1, 0.15) is 5.75 Å². The molecule has 1 atom stereocenters. The fraction of sp³-hybridized carbons (Fsp3) is 0.478. The van der Waals surface area contributed by atoms with Crippen LogP contribution >= 0.6 is 0 Å². The number of benzene rings is 1. The number of amides is 2. The number of aromatic nitrogens is 1. The molecule has 0 spiro atoms. The quantitative estimate of drug-likeness (QED) is 0.813. The van der Waals surface area contributed by atoms with Gasteiger partial charge in [0, 0.05) is 50.7 Å². The zero-order valence-electron chi connectivity index (χ0n) is 17.5. The highest BCUT2D eigenvalue weighted by Gasteiger charge is 2.25. The molecule has 2 aromatic rings. The summed E-state index contributed by atoms with van der Waals surface area (Å²) in [7, 11) is 0. The van der Waals surface area contributed by atoms with Gasteiger partial charge in [0.15, 0.2) is 0 Å². The average Bonchev–Trinajstić information content (AvgIpc) is 2.77. The fourth-order valence-electron chi connectivity index (χ4n) is 3.99. The largest absolute Gasteiger partial charge is 0.439 e. The number of likely N-dealkylation sites (tertiary alicyclic amines) is 1. The van der Waals surface area contributed by atoms with Gasteiger partial charge in [-0.1, -0.05) is 6.07 Å². The van der Waals surface area contributed by atoms with E-state index in [9.17, 15) is 4.79 Å². The van der Waals surface area contributed by atoms with Crippen molar-refractivity contribution in [1.82, 2.24) is 14.8 Å². The average molecular weight is 411 g/mol. The van der Waals surface area contributed by atoms with E-state index in [0.29, 0.717) is 17.5 Å². The maximum atomic E-state index is 12.8. The third kappa shape index (κ3) is 5.70. The molecule has 1 N–H and O–H groups in total. The lowest BCUT2D eigenvalue weighted by atomic mass is 9.97. The highest BCUT2D eigenvalue weighted by molar-refractivity contribution is 5.89. The molecule has 7 heteroatoms. The molecule has 4 rings (SSSR count). The number of anilines is 1. The van der Waals surface area contributed by atoms with E-state index < -0.39 is 0 Å². The van der Waals surface area contributed by atoms with Gasteiger partial charge in [-0.3, -0.25) is 4.90 Å². The number of hydrogen-bond donors (Lipinski definition) is 1. The number of aryl methyl sites for hydroxylation is 1. The molecule has 160 valence electrons. The minimum Gasteiger partial charge on any atom is -0.439 e. The van der Waals surface area contributed by atoms with Crippen LogP contribution in [0.4, 0.5) is 10.5 Å². The predicted octanol–water partition coefficient (Wildman–Crippen LogP) is 3.76. The van der Waals surface area contributed by atoms with Gasteiger partial charge in [0.25, 0.3) is 0 Å². The first-order valence-corrected chi connectivity index (χ1v) is 10.7. The van der Waals surface area contributed by atoms with Crippen LogP contribution in [-0.4, -0.2) is 66.8 Å². The topological polar surface area (TPSA) is 66.9 Å². The van der Waals surface area contributed by atoms with Crippen LogP contribution in [0.3, 0.4) is 0 Å². The van der Waals surface area contributed by atoms with E-state index in [1.54, 1.807) is 6.20 Å². The van der Waals surface area contributed by atoms with Gasteiger partial charge in [-0.05, 0) is 55.5 Å². The number of hydrogen-bond acceptors (Lipinski definition) is 5. The maximum Gasteiger partial charge on any atom is 0.321 e. The molecule has 0 aliphatic carbocycles. The normalized spacial score (nSPS) is 20.0. The lowest BCUT2D eigenvalue weighted by Gasteiger charge is -2.36. The molecular formula is C23H30N4O3. The van der Waals surface area contributed by atoms with E-state index in [-0.39, 0.29) is 6.03 Å². The van der Waals surface area contributed by atoms with E-state index in [1.807, 2.05) is 48.2 Å². The van der Waals surface area contributed by atoms with Gasteiger partial charge < -0.3 is 19.7 Å². The first-order chi connectivity index (χ1) is 14.7. The second-order valence-corrected chi connectivity index (χ2v) is 8.10. The molecule has 3 heterocycles. The molecule has 2 saturated heterocycles. The van der Waals surface area contributed by atoms with Crippen molar-refractivity contribution < 1.29 is 14.3 Å². The van der Waals surface area contributed by atoms with Gasteiger partial charge in [-0.2, -0.15) is 0 Å². The number of nitrogens with zero attached hydrogens (tertiary/aromatic N) is 3. The van der Waals surface area contributed by atoms with Crippen LogP contribution < -0.4 is 10.1 Å². The van der Waals surface area contributed by atoms with Crippen molar-refractivity contribution in [3.05, 3.63) is 48.2 Å². The molecule has 2 amide bonds. The van der Waals surface area contributed by atoms with Crippen molar-refractivity contribution >= 4 is 11.7 Å². The Morgan fingerprint density at radius 3 is 2.70 bits per heavy atom. The summed E-state index contributed by atoms with van der Waals surface area (Å²) >= 11 is 0. The van der Waals surface area contributed by atoms with Crippen LogP contribution in [0, 0.1) is 12.8 Å². The van der Waals surface area contributed by atoms with Crippen LogP contribution in [0.5, 0.6) is 11.6 Å². The van der Waals surface area contributed by atoms with Crippen molar-refractivity contribution in [2.75, 3.05) is 51.3 Å². The third-order valence-corrected chi connectivity index (χ3v) is 5.64. The Morgan fingerprint density at radius 1 is 1.17 bits per heavy atom. The molecule has 30 heavy (non-hydrogen) atoms. The first-order valence-electron chi connectivity index (χ1n) is 10.7. The minimum atomic E-state index is -0.0319. The second-order valence-electron chi connectivity index (χ2n) is 8.10. The molecule has 2 aliphatic heterocycles. The van der Waals surface area contributed by atoms with Crippen LogP contribution in [0.15, 0.2) is 42.6 Å². The highest BCUT2D eigenvalue weighted by atomic mass is 16.5. The van der Waals surface area contributed by atoms with Crippen molar-refractivity contribution in [3.63, 3.8) is 0 Å². The molecule has 1 unspecified atom stereocenters. The molecule has 7 nitrogen and oxygen atoms in total. The van der Waals surface area contributed by atoms with E-state index in [0.717, 1.165) is 63.6 Å². The maximum absolute atomic E-state index is 12.8. The summed E-state index contributed by atoms with van der Waals surface area (Å²) in [5.41, 5.74) is 1.85. The van der Waals surface area contributed by atoms with Gasteiger partial charge in [0.2, 0.25) is 5.88 Å². The summed E-state index contributed by atoms with van der Waals surface area (Å²) in [5.74, 6) is 1.77. The molecule has 2 aliphatic rings. The van der Waals surface area contributed by atoms with Crippen molar-refractivity contribution in [2.45, 2.75) is 19.8 Å². The molecule has 2 fully saturated rings. The summed E-state index contributed by atoms with van der Waals surface area (Å²) in [6, 6.07) is 11.2. The summed E-state index contributed by atoms with van der Waals surface area (Å²) in [5, 5.41) is 3.02. The van der Waals surface area contributed by atoms with Crippen LogP contribution in [-0.2, 0) is 4.74 Å². The monoisotopic (exact) mass is 410 g/mol. The standard InChI is InChI=1S/C23H30N4O3/c1-18-4-9-22(24-15-18)30-21-7-5-20(6-8-21)25-23(28)27-10-2-3-19(17-27)16-26-11-13-29-14-12-26/h4-9,15,19H,2-3,10-14,16-17H2,1H3,(H,25,28). The Morgan fingerprint density at radius 2 is 1.97 bits per heavy atom. The molecule has 1 aromatic heterocycles. The first kappa shape index (κ1) is 20.6. The molecular weight excluding hydrogens is 380 g/mol. The lowest BCUT2D eigenvalue weighted by Crippen LogP contribution is -2.47. The molecule has 0 bridgehead atoms. The smallest absolute Gasteiger partial charge is 0.321 e. The number of pyridine rings is 1. The van der Waals surface area contributed by atoms with Gasteiger partial charge >= 0.3 is 6.03 Å². The number of carbonyl (C=O) groups excluding carboxylic acids is 1. The number of piperidine rings is 1. The zero-order chi connectivity index (χ0) is 20.8. The summed E-state index contributed by atoms with van der Waals surface area (Å²) in [4.78, 5) is 21.4. The van der Waals surface area contributed by atoms with Gasteiger partial charge in [-0.25, -0.2) is 9.78 Å². The predicted molar refractivity (Wildman–Crippen MR) is 116 cm³/mol. The van der Waals surface area contributed by atoms with Crippen LogP contribution in [0.2, 0.25) is 0 Å². The Bertz CT molecular complexity index is 819. The number of ether oxygens (including phenoxy) is 2. The van der Waals surface area contributed by atoms with E-state index in [1.165, 1.54) is 6.42 Å². The van der Waals surface area contributed by atoms with Crippen LogP contribution in [0.25, 0.3) is 0 Å². The highest BCUT2D eigenvalue weighted by Crippen LogP contribution is 2.23. The third-order valence-electron chi connectivity index (χ3n) is 5.64. The molecule has 0 saturated carbocycles.